The molecule has 0 atom stereocenters. The molecule has 4 nitrogen and oxygen atoms in total. The van der Waals surface area contributed by atoms with Crippen LogP contribution in [-0.2, 0) is 16.6 Å². The first-order valence-corrected chi connectivity index (χ1v) is 9.08. The van der Waals surface area contributed by atoms with Crippen LogP contribution < -0.4 is 4.72 Å². The summed E-state index contributed by atoms with van der Waals surface area (Å²) in [6.45, 7) is 8.42. The van der Waals surface area contributed by atoms with Crippen molar-refractivity contribution in [2.45, 2.75) is 39.2 Å². The number of halogens is 1. The maximum absolute atomic E-state index is 12.2. The van der Waals surface area contributed by atoms with Crippen molar-refractivity contribution < 1.29 is 13.5 Å². The molecule has 1 rings (SSSR count). The largest absolute Gasteiger partial charge is 0.391 e. The predicted octanol–water partition coefficient (Wildman–Crippen LogP) is 2.96. The predicted molar refractivity (Wildman–Crippen MR) is 81.7 cm³/mol. The van der Waals surface area contributed by atoms with E-state index in [1.807, 2.05) is 13.8 Å². The van der Waals surface area contributed by atoms with Gasteiger partial charge in [-0.15, -0.1) is 11.3 Å². The molecule has 0 aliphatic carbocycles. The lowest BCUT2D eigenvalue weighted by Crippen LogP contribution is -2.36. The third-order valence-corrected chi connectivity index (χ3v) is 7.07. The van der Waals surface area contributed by atoms with Crippen LogP contribution in [0.3, 0.4) is 0 Å². The lowest BCUT2D eigenvalue weighted by molar-refractivity contribution is 0.252. The van der Waals surface area contributed by atoms with Crippen LogP contribution in [0.5, 0.6) is 0 Å². The van der Waals surface area contributed by atoms with E-state index in [0.717, 1.165) is 0 Å². The molecule has 19 heavy (non-hydrogen) atoms. The third-order valence-electron chi connectivity index (χ3n) is 3.43. The molecule has 0 fully saturated rings. The van der Waals surface area contributed by atoms with E-state index in [9.17, 15) is 8.42 Å². The molecule has 0 radical (unpaired) electrons. The molecule has 1 aromatic heterocycles. The van der Waals surface area contributed by atoms with Gasteiger partial charge in [0.05, 0.1) is 10.4 Å². The van der Waals surface area contributed by atoms with E-state index < -0.39 is 10.0 Å². The average molecular weight is 370 g/mol. The van der Waals surface area contributed by atoms with E-state index in [-0.39, 0.29) is 16.9 Å². The Bertz CT molecular complexity index is 535. The first kappa shape index (κ1) is 17.1. The number of sulfonamides is 1. The van der Waals surface area contributed by atoms with Gasteiger partial charge < -0.3 is 5.11 Å². The van der Waals surface area contributed by atoms with Crippen molar-refractivity contribution in [2.75, 3.05) is 6.54 Å². The first-order chi connectivity index (χ1) is 8.60. The highest BCUT2D eigenvalue weighted by Crippen LogP contribution is 2.32. The molecule has 0 bridgehead atoms. The Morgan fingerprint density at radius 2 is 2.05 bits per heavy atom. The summed E-state index contributed by atoms with van der Waals surface area (Å²) in [6, 6.07) is 1.50. The van der Waals surface area contributed by atoms with Crippen LogP contribution >= 0.6 is 27.3 Å². The number of hydrogen-bond donors (Lipinski definition) is 2. The van der Waals surface area contributed by atoms with Crippen LogP contribution in [0.25, 0.3) is 0 Å². The van der Waals surface area contributed by atoms with Crippen molar-refractivity contribution in [3.05, 3.63) is 14.7 Å². The van der Waals surface area contributed by atoms with Crippen molar-refractivity contribution in [1.29, 1.82) is 0 Å². The maximum atomic E-state index is 12.2. The number of thiophene rings is 1. The SMILES string of the molecule is CC(C)C(C)(C)CNS(=O)(=O)c1cc(CO)sc1Br. The molecule has 110 valence electrons. The van der Waals surface area contributed by atoms with Crippen molar-refractivity contribution in [1.82, 2.24) is 4.72 Å². The Balaban J connectivity index is 2.90. The normalized spacial score (nSPS) is 13.2. The monoisotopic (exact) mass is 369 g/mol. The van der Waals surface area contributed by atoms with E-state index in [1.165, 1.54) is 17.4 Å². The molecule has 7 heteroatoms. The summed E-state index contributed by atoms with van der Waals surface area (Å²) >= 11 is 4.46. The number of hydrogen-bond acceptors (Lipinski definition) is 4. The fraction of sp³-hybridized carbons (Fsp3) is 0.667. The van der Waals surface area contributed by atoms with Crippen LogP contribution in [0, 0.1) is 11.3 Å². The summed E-state index contributed by atoms with van der Waals surface area (Å²) in [6.07, 6.45) is 0. The lowest BCUT2D eigenvalue weighted by Gasteiger charge is -2.29. The van der Waals surface area contributed by atoms with Crippen LogP contribution in [-0.4, -0.2) is 20.1 Å². The minimum atomic E-state index is -3.54. The topological polar surface area (TPSA) is 66.4 Å². The molecule has 1 heterocycles. The third kappa shape index (κ3) is 4.26. The van der Waals surface area contributed by atoms with Crippen LogP contribution in [0.15, 0.2) is 14.7 Å². The molecular weight excluding hydrogens is 350 g/mol. The summed E-state index contributed by atoms with van der Waals surface area (Å²) in [4.78, 5) is 0.816. The van der Waals surface area contributed by atoms with Gasteiger partial charge in [0.25, 0.3) is 0 Å². The highest BCUT2D eigenvalue weighted by molar-refractivity contribution is 9.11. The van der Waals surface area contributed by atoms with Gasteiger partial charge in [0.15, 0.2) is 0 Å². The molecule has 0 aliphatic rings. The molecule has 0 saturated heterocycles. The van der Waals surface area contributed by atoms with E-state index in [2.05, 4.69) is 34.5 Å². The van der Waals surface area contributed by atoms with E-state index in [0.29, 0.717) is 21.1 Å². The van der Waals surface area contributed by atoms with E-state index in [1.54, 1.807) is 0 Å². The smallest absolute Gasteiger partial charge is 0.242 e. The summed E-state index contributed by atoms with van der Waals surface area (Å²) in [5.41, 5.74) is -0.116. The second-order valence-corrected chi connectivity index (χ2v) is 9.67. The van der Waals surface area contributed by atoms with Gasteiger partial charge in [-0.25, -0.2) is 13.1 Å². The fourth-order valence-electron chi connectivity index (χ4n) is 1.22. The van der Waals surface area contributed by atoms with Crippen LogP contribution in [0.1, 0.15) is 32.6 Å². The van der Waals surface area contributed by atoms with Crippen LogP contribution in [0.2, 0.25) is 0 Å². The number of rotatable bonds is 6. The molecule has 0 saturated carbocycles. The molecule has 0 unspecified atom stereocenters. The zero-order valence-electron chi connectivity index (χ0n) is 11.5. The quantitative estimate of drug-likeness (QED) is 0.809. The highest BCUT2D eigenvalue weighted by atomic mass is 79.9. The van der Waals surface area contributed by atoms with Gasteiger partial charge in [0, 0.05) is 11.4 Å². The zero-order chi connectivity index (χ0) is 14.8. The summed E-state index contributed by atoms with van der Waals surface area (Å²) in [5.74, 6) is 0.370. The number of aliphatic hydroxyl groups is 1. The first-order valence-electron chi connectivity index (χ1n) is 5.99. The van der Waals surface area contributed by atoms with Gasteiger partial charge in [-0.05, 0) is 33.3 Å². The van der Waals surface area contributed by atoms with Gasteiger partial charge in [0.1, 0.15) is 4.90 Å². The highest BCUT2D eigenvalue weighted by Gasteiger charge is 2.27. The van der Waals surface area contributed by atoms with E-state index in [4.69, 9.17) is 5.11 Å². The second-order valence-electron chi connectivity index (χ2n) is 5.48. The Hall–Kier alpha value is 0.0500. The van der Waals surface area contributed by atoms with Crippen molar-refractivity contribution in [2.24, 2.45) is 11.3 Å². The second kappa shape index (κ2) is 6.22. The zero-order valence-corrected chi connectivity index (χ0v) is 14.7. The minimum Gasteiger partial charge on any atom is -0.391 e. The van der Waals surface area contributed by atoms with Gasteiger partial charge in [-0.3, -0.25) is 0 Å². The molecule has 0 amide bonds. The molecule has 0 aromatic carbocycles. The van der Waals surface area contributed by atoms with Crippen molar-refractivity contribution in [3.63, 3.8) is 0 Å². The van der Waals surface area contributed by atoms with Crippen LogP contribution in [0.4, 0.5) is 0 Å². The average Bonchev–Trinajstić information content (AvgIpc) is 2.69. The van der Waals surface area contributed by atoms with Gasteiger partial charge in [0.2, 0.25) is 10.0 Å². The fourth-order valence-corrected chi connectivity index (χ4v) is 4.99. The van der Waals surface area contributed by atoms with Crippen molar-refractivity contribution >= 4 is 37.3 Å². The molecule has 0 spiro atoms. The Morgan fingerprint density at radius 1 is 1.47 bits per heavy atom. The maximum Gasteiger partial charge on any atom is 0.242 e. The summed E-state index contributed by atoms with van der Waals surface area (Å²) < 4.78 is 27.6. The minimum absolute atomic E-state index is 0.116. The number of aliphatic hydroxyl groups excluding tert-OH is 1. The standard InChI is InChI=1S/C12H20BrNO3S2/c1-8(2)12(3,4)7-14-19(16,17)10-5-9(6-15)18-11(10)13/h5,8,14-15H,6-7H2,1-4H3. The Kier molecular flexibility index (Phi) is 5.60. The van der Waals surface area contributed by atoms with Gasteiger partial charge in [-0.2, -0.15) is 0 Å². The molecular formula is C12H20BrNO3S2. The summed E-state index contributed by atoms with van der Waals surface area (Å²) in [5, 5.41) is 9.05. The van der Waals surface area contributed by atoms with Crippen molar-refractivity contribution in [3.8, 4) is 0 Å². The molecule has 2 N–H and O–H groups in total. The van der Waals surface area contributed by atoms with Gasteiger partial charge >= 0.3 is 0 Å². The molecule has 1 aromatic rings. The molecule has 0 aliphatic heterocycles. The lowest BCUT2D eigenvalue weighted by atomic mass is 9.81. The summed E-state index contributed by atoms with van der Waals surface area (Å²) in [7, 11) is -3.54. The van der Waals surface area contributed by atoms with E-state index >= 15 is 0 Å². The number of nitrogens with one attached hydrogen (secondary N) is 1. The Labute approximate surface area is 127 Å². The van der Waals surface area contributed by atoms with Gasteiger partial charge in [-0.1, -0.05) is 27.7 Å². The Morgan fingerprint density at radius 3 is 2.47 bits per heavy atom.